The van der Waals surface area contributed by atoms with Gasteiger partial charge in [-0.05, 0) is 77.2 Å². The second kappa shape index (κ2) is 20.5. The van der Waals surface area contributed by atoms with Crippen molar-refractivity contribution in [2.45, 2.75) is 117 Å². The van der Waals surface area contributed by atoms with Crippen LogP contribution in [-0.2, 0) is 25.5 Å². The minimum Gasteiger partial charge on any atom is -0.379 e. The molecule has 0 unspecified atom stereocenters. The average molecular weight is 532 g/mol. The maximum Gasteiger partial charge on any atom is 0.242 e. The molecule has 0 saturated heterocycles. The molecule has 7 nitrogen and oxygen atoms in total. The number of ether oxygens (including phenoxy) is 1. The first kappa shape index (κ1) is 33.6. The van der Waals surface area contributed by atoms with E-state index in [-0.39, 0.29) is 29.7 Å². The average Bonchev–Trinajstić information content (AvgIpc) is 2.85. The van der Waals surface area contributed by atoms with Crippen LogP contribution in [0.1, 0.15) is 103 Å². The molecule has 0 saturated carbocycles. The van der Waals surface area contributed by atoms with Gasteiger partial charge < -0.3 is 20.7 Å². The molecule has 7 heteroatoms. The van der Waals surface area contributed by atoms with Gasteiger partial charge >= 0.3 is 0 Å². The Morgan fingerprint density at radius 2 is 1.45 bits per heavy atom. The third-order valence-corrected chi connectivity index (χ3v) is 6.30. The number of carbonyl (C=O) groups excluding carboxylic acids is 3. The van der Waals surface area contributed by atoms with E-state index in [1.165, 1.54) is 11.1 Å². The molecule has 0 fully saturated rings. The van der Waals surface area contributed by atoms with Crippen molar-refractivity contribution >= 4 is 17.7 Å². The number of rotatable bonds is 21. The molecule has 0 heterocycles. The van der Waals surface area contributed by atoms with Crippen molar-refractivity contribution in [3.8, 4) is 0 Å². The zero-order chi connectivity index (χ0) is 28.2. The summed E-state index contributed by atoms with van der Waals surface area (Å²) in [5, 5.41) is 8.89. The Hall–Kier alpha value is -2.41. The van der Waals surface area contributed by atoms with E-state index in [9.17, 15) is 14.4 Å². The molecular formula is C31H53N3O4. The molecule has 0 aliphatic rings. The Kier molecular flexibility index (Phi) is 18.2. The minimum absolute atomic E-state index is 0.0624. The molecule has 0 aliphatic heterocycles. The Morgan fingerprint density at radius 3 is 2.13 bits per heavy atom. The van der Waals surface area contributed by atoms with Crippen LogP contribution in [0.15, 0.2) is 24.3 Å². The molecule has 0 radical (unpaired) electrons. The van der Waals surface area contributed by atoms with Crippen molar-refractivity contribution in [3.05, 3.63) is 35.4 Å². The second-order valence-electron chi connectivity index (χ2n) is 11.0. The van der Waals surface area contributed by atoms with Gasteiger partial charge in [0, 0.05) is 32.5 Å². The minimum atomic E-state index is -0.536. The van der Waals surface area contributed by atoms with E-state index in [0.717, 1.165) is 58.0 Å². The van der Waals surface area contributed by atoms with Gasteiger partial charge in [0.25, 0.3) is 0 Å². The Balaban J connectivity index is 2.28. The Bertz CT molecular complexity index is 793. The number of aryl methyl sites for hydroxylation is 2. The number of nitrogens with one attached hydrogen (secondary N) is 3. The highest BCUT2D eigenvalue weighted by Gasteiger charge is 2.20. The topological polar surface area (TPSA) is 96.5 Å². The van der Waals surface area contributed by atoms with Crippen LogP contribution in [-0.4, -0.2) is 49.6 Å². The number of amides is 3. The lowest BCUT2D eigenvalue weighted by molar-refractivity contribution is -0.129. The van der Waals surface area contributed by atoms with Gasteiger partial charge in [0.1, 0.15) is 6.04 Å². The van der Waals surface area contributed by atoms with E-state index >= 15 is 0 Å². The molecule has 0 spiro atoms. The summed E-state index contributed by atoms with van der Waals surface area (Å²) in [6.45, 7) is 12.1. The third-order valence-electron chi connectivity index (χ3n) is 6.30. The summed E-state index contributed by atoms with van der Waals surface area (Å²) in [5.74, 6) is 0.0876. The SMILES string of the molecule is Cc1ccc(CCCC(=O)NCCCC[C@H](NC(=O)CC(C)C)C(=O)NCCCCCCOC(C)C)cc1. The van der Waals surface area contributed by atoms with Gasteiger partial charge in [-0.3, -0.25) is 14.4 Å². The first-order chi connectivity index (χ1) is 18.2. The molecule has 0 aliphatic carbocycles. The fraction of sp³-hybridized carbons (Fsp3) is 0.710. The van der Waals surface area contributed by atoms with Crippen molar-refractivity contribution in [3.63, 3.8) is 0 Å². The van der Waals surface area contributed by atoms with Crippen LogP contribution in [0.2, 0.25) is 0 Å². The van der Waals surface area contributed by atoms with Crippen molar-refractivity contribution in [2.75, 3.05) is 19.7 Å². The lowest BCUT2D eigenvalue weighted by Crippen LogP contribution is -2.47. The van der Waals surface area contributed by atoms with Crippen LogP contribution >= 0.6 is 0 Å². The van der Waals surface area contributed by atoms with Gasteiger partial charge in [-0.1, -0.05) is 56.5 Å². The van der Waals surface area contributed by atoms with Crippen molar-refractivity contribution in [2.24, 2.45) is 5.92 Å². The zero-order valence-corrected chi connectivity index (χ0v) is 24.6. The van der Waals surface area contributed by atoms with Crippen LogP contribution in [0.4, 0.5) is 0 Å². The van der Waals surface area contributed by atoms with Crippen LogP contribution in [0.25, 0.3) is 0 Å². The Morgan fingerprint density at radius 1 is 0.789 bits per heavy atom. The fourth-order valence-corrected chi connectivity index (χ4v) is 4.12. The van der Waals surface area contributed by atoms with Crippen LogP contribution in [0.3, 0.4) is 0 Å². The van der Waals surface area contributed by atoms with Gasteiger partial charge in [-0.15, -0.1) is 0 Å². The summed E-state index contributed by atoms with van der Waals surface area (Å²) in [6, 6.07) is 7.89. The molecule has 3 N–H and O–H groups in total. The van der Waals surface area contributed by atoms with Gasteiger partial charge in [0.2, 0.25) is 17.7 Å². The molecule has 38 heavy (non-hydrogen) atoms. The van der Waals surface area contributed by atoms with E-state index in [2.05, 4.69) is 47.1 Å². The first-order valence-electron chi connectivity index (χ1n) is 14.7. The molecule has 1 atom stereocenters. The van der Waals surface area contributed by atoms with E-state index in [1.54, 1.807) is 0 Å². The summed E-state index contributed by atoms with van der Waals surface area (Å²) in [4.78, 5) is 37.3. The normalized spacial score (nSPS) is 12.0. The van der Waals surface area contributed by atoms with Crippen LogP contribution in [0.5, 0.6) is 0 Å². The molecular weight excluding hydrogens is 478 g/mol. The van der Waals surface area contributed by atoms with E-state index in [4.69, 9.17) is 4.74 Å². The first-order valence-corrected chi connectivity index (χ1v) is 14.7. The van der Waals surface area contributed by atoms with E-state index in [0.29, 0.717) is 32.4 Å². The summed E-state index contributed by atoms with van der Waals surface area (Å²) < 4.78 is 5.55. The van der Waals surface area contributed by atoms with Gasteiger partial charge in [0.15, 0.2) is 0 Å². The standard InChI is InChI=1S/C31H53N3O4/c1-24(2)23-30(36)34-28(31(37)33-21-9-6-7-11-22-38-25(3)4)14-8-10-20-32-29(35)15-12-13-27-18-16-26(5)17-19-27/h16-19,24-25,28H,6-15,20-23H2,1-5H3,(H,32,35)(H,33,37)(H,34,36)/t28-/m0/s1. The summed E-state index contributed by atoms with van der Waals surface area (Å²) in [5.41, 5.74) is 2.49. The smallest absolute Gasteiger partial charge is 0.242 e. The third kappa shape index (κ3) is 17.9. The van der Waals surface area contributed by atoms with Crippen LogP contribution < -0.4 is 16.0 Å². The highest BCUT2D eigenvalue weighted by molar-refractivity contribution is 5.87. The Labute approximate surface area is 231 Å². The molecule has 0 bridgehead atoms. The number of carbonyl (C=O) groups is 3. The second-order valence-corrected chi connectivity index (χ2v) is 11.0. The van der Waals surface area contributed by atoms with E-state index in [1.807, 2.05) is 27.7 Å². The van der Waals surface area contributed by atoms with Crippen molar-refractivity contribution in [1.29, 1.82) is 0 Å². The number of hydrogen-bond donors (Lipinski definition) is 3. The lowest BCUT2D eigenvalue weighted by atomic mass is 10.1. The summed E-state index contributed by atoms with van der Waals surface area (Å²) in [7, 11) is 0. The summed E-state index contributed by atoms with van der Waals surface area (Å²) >= 11 is 0. The highest BCUT2D eigenvalue weighted by Crippen LogP contribution is 2.08. The molecule has 1 aromatic carbocycles. The highest BCUT2D eigenvalue weighted by atomic mass is 16.5. The largest absolute Gasteiger partial charge is 0.379 e. The fourth-order valence-electron chi connectivity index (χ4n) is 4.12. The van der Waals surface area contributed by atoms with Gasteiger partial charge in [0.05, 0.1) is 6.10 Å². The molecule has 216 valence electrons. The molecule has 3 amide bonds. The zero-order valence-electron chi connectivity index (χ0n) is 24.6. The predicted octanol–water partition coefficient (Wildman–Crippen LogP) is 5.24. The van der Waals surface area contributed by atoms with Crippen molar-refractivity contribution in [1.82, 2.24) is 16.0 Å². The van der Waals surface area contributed by atoms with E-state index < -0.39 is 6.04 Å². The van der Waals surface area contributed by atoms with Crippen LogP contribution in [0, 0.1) is 12.8 Å². The maximum atomic E-state index is 12.8. The van der Waals surface area contributed by atoms with Gasteiger partial charge in [-0.2, -0.15) is 0 Å². The number of benzene rings is 1. The van der Waals surface area contributed by atoms with Crippen molar-refractivity contribution < 1.29 is 19.1 Å². The number of hydrogen-bond acceptors (Lipinski definition) is 4. The van der Waals surface area contributed by atoms with Gasteiger partial charge in [-0.25, -0.2) is 0 Å². The molecule has 1 rings (SSSR count). The number of unbranched alkanes of at least 4 members (excludes halogenated alkanes) is 4. The monoisotopic (exact) mass is 531 g/mol. The molecule has 1 aromatic rings. The quantitative estimate of drug-likeness (QED) is 0.189. The maximum absolute atomic E-state index is 12.8. The summed E-state index contributed by atoms with van der Waals surface area (Å²) in [6.07, 6.45) is 9.04. The lowest BCUT2D eigenvalue weighted by Gasteiger charge is -2.19. The predicted molar refractivity (Wildman–Crippen MR) is 155 cm³/mol. The molecule has 0 aromatic heterocycles.